The van der Waals surface area contributed by atoms with Crippen molar-refractivity contribution in [3.8, 4) is 5.75 Å². The summed E-state index contributed by atoms with van der Waals surface area (Å²) in [6.07, 6.45) is 3.38. The maximum atomic E-state index is 12.6. The van der Waals surface area contributed by atoms with E-state index in [2.05, 4.69) is 22.3 Å². The van der Waals surface area contributed by atoms with Gasteiger partial charge in [0.1, 0.15) is 5.75 Å². The van der Waals surface area contributed by atoms with Crippen LogP contribution in [-0.2, 0) is 9.53 Å². The highest BCUT2D eigenvalue weighted by Gasteiger charge is 2.19. The van der Waals surface area contributed by atoms with Crippen molar-refractivity contribution >= 4 is 12.0 Å². The molecule has 148 valence electrons. The van der Waals surface area contributed by atoms with Gasteiger partial charge in [0.25, 0.3) is 0 Å². The molecular weight excluding hydrogens is 352 g/mol. The number of ether oxygens (including phenoxy) is 2. The van der Waals surface area contributed by atoms with E-state index < -0.39 is 0 Å². The van der Waals surface area contributed by atoms with Crippen molar-refractivity contribution in [2.75, 3.05) is 40.0 Å². The summed E-state index contributed by atoms with van der Waals surface area (Å²) in [6.45, 7) is 6.03. The molecule has 1 fully saturated rings. The van der Waals surface area contributed by atoms with Crippen molar-refractivity contribution in [3.05, 3.63) is 71.3 Å². The summed E-state index contributed by atoms with van der Waals surface area (Å²) in [4.78, 5) is 15.0. The molecule has 1 amide bonds. The van der Waals surface area contributed by atoms with E-state index in [1.54, 1.807) is 19.3 Å². The Morgan fingerprint density at radius 3 is 2.68 bits per heavy atom. The lowest BCUT2D eigenvalue weighted by molar-refractivity contribution is -0.117. The van der Waals surface area contributed by atoms with Gasteiger partial charge in [-0.2, -0.15) is 0 Å². The normalized spacial score (nSPS) is 16.1. The van der Waals surface area contributed by atoms with Gasteiger partial charge in [0.2, 0.25) is 5.91 Å². The van der Waals surface area contributed by atoms with Crippen LogP contribution >= 0.6 is 0 Å². The third-order valence-corrected chi connectivity index (χ3v) is 4.86. The van der Waals surface area contributed by atoms with Gasteiger partial charge in [-0.05, 0) is 30.7 Å². The molecule has 5 heteroatoms. The highest BCUT2D eigenvalue weighted by atomic mass is 16.5. The quantitative estimate of drug-likeness (QED) is 0.750. The van der Waals surface area contributed by atoms with Crippen LogP contribution in [0.15, 0.2) is 54.6 Å². The van der Waals surface area contributed by atoms with Gasteiger partial charge < -0.3 is 14.8 Å². The molecule has 0 bridgehead atoms. The van der Waals surface area contributed by atoms with E-state index >= 15 is 0 Å². The molecule has 0 unspecified atom stereocenters. The van der Waals surface area contributed by atoms with Gasteiger partial charge >= 0.3 is 0 Å². The van der Waals surface area contributed by atoms with Crippen LogP contribution in [0.4, 0.5) is 0 Å². The Kier molecular flexibility index (Phi) is 7.23. The van der Waals surface area contributed by atoms with Crippen molar-refractivity contribution in [1.82, 2.24) is 10.2 Å². The minimum atomic E-state index is -0.120. The van der Waals surface area contributed by atoms with Crippen LogP contribution in [0.2, 0.25) is 0 Å². The van der Waals surface area contributed by atoms with Crippen molar-refractivity contribution in [3.63, 3.8) is 0 Å². The van der Waals surface area contributed by atoms with E-state index in [9.17, 15) is 4.79 Å². The minimum Gasteiger partial charge on any atom is -0.496 e. The van der Waals surface area contributed by atoms with Crippen LogP contribution in [0.3, 0.4) is 0 Å². The lowest BCUT2D eigenvalue weighted by atomic mass is 10.1. The number of carbonyl (C=O) groups excluding carboxylic acids is 1. The number of hydrogen-bond donors (Lipinski definition) is 1. The van der Waals surface area contributed by atoms with E-state index in [0.29, 0.717) is 0 Å². The molecule has 1 aliphatic rings. The number of rotatable bonds is 7. The fourth-order valence-electron chi connectivity index (χ4n) is 3.33. The number of morpholine rings is 1. The van der Waals surface area contributed by atoms with Crippen LogP contribution in [0.1, 0.15) is 22.7 Å². The average molecular weight is 380 g/mol. The molecule has 0 radical (unpaired) electrons. The number of methoxy groups -OCH3 is 1. The Bertz CT molecular complexity index is 799. The van der Waals surface area contributed by atoms with Gasteiger partial charge in [0.05, 0.1) is 26.4 Å². The number of aryl methyl sites for hydroxylation is 1. The van der Waals surface area contributed by atoms with Crippen LogP contribution in [0.5, 0.6) is 5.75 Å². The summed E-state index contributed by atoms with van der Waals surface area (Å²) in [5, 5.41) is 3.15. The first-order chi connectivity index (χ1) is 13.7. The average Bonchev–Trinajstić information content (AvgIpc) is 2.73. The van der Waals surface area contributed by atoms with Gasteiger partial charge in [0, 0.05) is 31.3 Å². The monoisotopic (exact) mass is 380 g/mol. The molecule has 1 saturated heterocycles. The number of carbonyl (C=O) groups is 1. The first kappa shape index (κ1) is 20.1. The molecule has 0 aliphatic carbocycles. The SMILES string of the molecule is COc1ccc(C)cc1/C=C/C(=O)N[C@H](CN1CCOCC1)c1ccccc1. The summed E-state index contributed by atoms with van der Waals surface area (Å²) >= 11 is 0. The maximum absolute atomic E-state index is 12.6. The molecule has 3 rings (SSSR count). The topological polar surface area (TPSA) is 50.8 Å². The Labute approximate surface area is 167 Å². The molecule has 1 N–H and O–H groups in total. The van der Waals surface area contributed by atoms with Crippen LogP contribution in [0.25, 0.3) is 6.08 Å². The maximum Gasteiger partial charge on any atom is 0.244 e. The molecule has 2 aromatic rings. The van der Waals surface area contributed by atoms with Gasteiger partial charge in [-0.25, -0.2) is 0 Å². The molecule has 28 heavy (non-hydrogen) atoms. The van der Waals surface area contributed by atoms with E-state index in [1.165, 1.54) is 0 Å². The summed E-state index contributed by atoms with van der Waals surface area (Å²) in [6, 6.07) is 15.9. The standard InChI is InChI=1S/C23H28N2O3/c1-18-8-10-22(27-2)20(16-18)9-11-23(26)24-21(19-6-4-3-5-7-19)17-25-12-14-28-15-13-25/h3-11,16,21H,12-15,17H2,1-2H3,(H,24,26)/b11-9+/t21-/m1/s1. The second kappa shape index (κ2) is 10.1. The predicted octanol–water partition coefficient (Wildman–Crippen LogP) is 3.21. The second-order valence-electron chi connectivity index (χ2n) is 6.96. The molecular formula is C23H28N2O3. The molecule has 0 aromatic heterocycles. The highest BCUT2D eigenvalue weighted by Crippen LogP contribution is 2.21. The molecule has 1 heterocycles. The predicted molar refractivity (Wildman–Crippen MR) is 111 cm³/mol. The van der Waals surface area contributed by atoms with Crippen molar-refractivity contribution in [1.29, 1.82) is 0 Å². The van der Waals surface area contributed by atoms with Crippen molar-refractivity contribution in [2.45, 2.75) is 13.0 Å². The van der Waals surface area contributed by atoms with Crippen LogP contribution in [-0.4, -0.2) is 50.8 Å². The Balaban J connectivity index is 1.71. The third-order valence-electron chi connectivity index (χ3n) is 4.86. The largest absolute Gasteiger partial charge is 0.496 e. The summed E-state index contributed by atoms with van der Waals surface area (Å²) in [7, 11) is 1.63. The number of hydrogen-bond acceptors (Lipinski definition) is 4. The molecule has 1 aliphatic heterocycles. The van der Waals surface area contributed by atoms with E-state index in [-0.39, 0.29) is 11.9 Å². The molecule has 1 atom stereocenters. The van der Waals surface area contributed by atoms with Crippen LogP contribution in [0, 0.1) is 6.92 Å². The Morgan fingerprint density at radius 2 is 1.96 bits per heavy atom. The lowest BCUT2D eigenvalue weighted by Crippen LogP contribution is -2.42. The summed E-state index contributed by atoms with van der Waals surface area (Å²) < 4.78 is 10.8. The Hall–Kier alpha value is -2.63. The van der Waals surface area contributed by atoms with Crippen LogP contribution < -0.4 is 10.1 Å². The van der Waals surface area contributed by atoms with Gasteiger partial charge in [-0.1, -0.05) is 42.0 Å². The fraction of sp³-hybridized carbons (Fsp3) is 0.348. The summed E-state index contributed by atoms with van der Waals surface area (Å²) in [5.41, 5.74) is 3.11. The van der Waals surface area contributed by atoms with E-state index in [4.69, 9.17) is 9.47 Å². The number of amides is 1. The molecule has 0 spiro atoms. The first-order valence-corrected chi connectivity index (χ1v) is 9.64. The zero-order chi connectivity index (χ0) is 19.8. The number of benzene rings is 2. The number of nitrogens with one attached hydrogen (secondary N) is 1. The zero-order valence-corrected chi connectivity index (χ0v) is 16.6. The lowest BCUT2D eigenvalue weighted by Gasteiger charge is -2.31. The number of nitrogens with zero attached hydrogens (tertiary/aromatic N) is 1. The van der Waals surface area contributed by atoms with E-state index in [1.807, 2.05) is 43.3 Å². The molecule has 2 aromatic carbocycles. The third kappa shape index (κ3) is 5.68. The van der Waals surface area contributed by atoms with Gasteiger partial charge in [-0.3, -0.25) is 9.69 Å². The smallest absolute Gasteiger partial charge is 0.244 e. The highest BCUT2D eigenvalue weighted by molar-refractivity contribution is 5.92. The van der Waals surface area contributed by atoms with E-state index in [0.717, 1.165) is 55.3 Å². The van der Waals surface area contributed by atoms with Crippen molar-refractivity contribution < 1.29 is 14.3 Å². The Morgan fingerprint density at radius 1 is 1.21 bits per heavy atom. The zero-order valence-electron chi connectivity index (χ0n) is 16.6. The first-order valence-electron chi connectivity index (χ1n) is 9.64. The molecule has 5 nitrogen and oxygen atoms in total. The fourth-order valence-corrected chi connectivity index (χ4v) is 3.33. The van der Waals surface area contributed by atoms with Gasteiger partial charge in [-0.15, -0.1) is 0 Å². The second-order valence-corrected chi connectivity index (χ2v) is 6.96. The van der Waals surface area contributed by atoms with Crippen molar-refractivity contribution in [2.24, 2.45) is 0 Å². The molecule has 0 saturated carbocycles. The summed E-state index contributed by atoms with van der Waals surface area (Å²) in [5.74, 6) is 0.633. The minimum absolute atomic E-state index is 0.0733. The van der Waals surface area contributed by atoms with Gasteiger partial charge in [0.15, 0.2) is 0 Å².